The molecule has 0 amide bonds. The van der Waals surface area contributed by atoms with Crippen molar-refractivity contribution in [3.63, 3.8) is 0 Å². The number of aryl methyl sites for hydroxylation is 1. The van der Waals surface area contributed by atoms with Gasteiger partial charge in [-0.15, -0.1) is 0 Å². The molecule has 2 atom stereocenters. The van der Waals surface area contributed by atoms with Crippen molar-refractivity contribution in [2.24, 2.45) is 7.05 Å². The van der Waals surface area contributed by atoms with E-state index in [0.717, 1.165) is 34.4 Å². The summed E-state index contributed by atoms with van der Waals surface area (Å²) in [7, 11) is 1.88. The first-order valence-corrected chi connectivity index (χ1v) is 11.5. The standard InChI is InChI=1S/C27H25FN6O/c1-34-17-22(15-33-34)21-12-24-27(32-14-21)35-25(16-31-24)26(20-6-8-23(28)9-7-20)30-11-10-18-2-4-19(13-29)5-3-18/h2-9,12,14-15,17,25-26,30-31H,10-11,16H2,1H3/t25-,26-/m0/s1. The fourth-order valence-electron chi connectivity index (χ4n) is 4.23. The van der Waals surface area contributed by atoms with Gasteiger partial charge < -0.3 is 15.4 Å². The quantitative estimate of drug-likeness (QED) is 0.422. The topological polar surface area (TPSA) is 87.8 Å². The summed E-state index contributed by atoms with van der Waals surface area (Å²) >= 11 is 0. The Hall–Kier alpha value is -4.22. The van der Waals surface area contributed by atoms with Gasteiger partial charge in [0, 0.05) is 30.6 Å². The van der Waals surface area contributed by atoms with Crippen LogP contribution >= 0.6 is 0 Å². The minimum Gasteiger partial charge on any atom is -0.469 e. The number of pyridine rings is 1. The van der Waals surface area contributed by atoms with Crippen LogP contribution in [0.2, 0.25) is 0 Å². The van der Waals surface area contributed by atoms with Gasteiger partial charge in [-0.05, 0) is 54.4 Å². The fraction of sp³-hybridized carbons (Fsp3) is 0.222. The molecule has 0 unspecified atom stereocenters. The van der Waals surface area contributed by atoms with Crippen LogP contribution in [0.15, 0.2) is 73.2 Å². The predicted octanol–water partition coefficient (Wildman–Crippen LogP) is 4.24. The first-order valence-electron chi connectivity index (χ1n) is 11.5. The number of aromatic nitrogens is 3. The van der Waals surface area contributed by atoms with Crippen LogP contribution in [0, 0.1) is 17.1 Å². The molecule has 4 aromatic rings. The predicted molar refractivity (Wildman–Crippen MR) is 131 cm³/mol. The normalized spacial score (nSPS) is 15.4. The van der Waals surface area contributed by atoms with E-state index in [1.165, 1.54) is 12.1 Å². The highest BCUT2D eigenvalue weighted by Crippen LogP contribution is 2.34. The molecule has 5 rings (SSSR count). The van der Waals surface area contributed by atoms with Crippen molar-refractivity contribution in [1.82, 2.24) is 20.1 Å². The summed E-state index contributed by atoms with van der Waals surface area (Å²) in [5.74, 6) is 0.262. The van der Waals surface area contributed by atoms with Gasteiger partial charge in [0.1, 0.15) is 11.9 Å². The Kier molecular flexibility index (Phi) is 6.42. The van der Waals surface area contributed by atoms with Crippen LogP contribution in [0.4, 0.5) is 10.1 Å². The lowest BCUT2D eigenvalue weighted by Gasteiger charge is -2.33. The summed E-state index contributed by atoms with van der Waals surface area (Å²) in [6.45, 7) is 1.26. The molecule has 0 radical (unpaired) electrons. The number of nitrogens with zero attached hydrogens (tertiary/aromatic N) is 4. The van der Waals surface area contributed by atoms with E-state index < -0.39 is 0 Å². The molecule has 8 heteroatoms. The number of halogens is 1. The number of ether oxygens (including phenoxy) is 1. The minimum absolute atomic E-state index is 0.172. The zero-order chi connectivity index (χ0) is 24.2. The van der Waals surface area contributed by atoms with E-state index >= 15 is 0 Å². The van der Waals surface area contributed by atoms with Crippen molar-refractivity contribution < 1.29 is 9.13 Å². The van der Waals surface area contributed by atoms with Crippen molar-refractivity contribution in [2.75, 3.05) is 18.4 Å². The Morgan fingerprint density at radius 2 is 1.97 bits per heavy atom. The number of nitrogens with one attached hydrogen (secondary N) is 2. The highest BCUT2D eigenvalue weighted by atomic mass is 19.1. The average molecular weight is 469 g/mol. The van der Waals surface area contributed by atoms with Crippen molar-refractivity contribution in [1.29, 1.82) is 5.26 Å². The third-order valence-electron chi connectivity index (χ3n) is 6.11. The van der Waals surface area contributed by atoms with E-state index in [0.29, 0.717) is 24.5 Å². The number of hydrogen-bond donors (Lipinski definition) is 2. The molecule has 0 bridgehead atoms. The third-order valence-corrected chi connectivity index (χ3v) is 6.11. The highest BCUT2D eigenvalue weighted by molar-refractivity contribution is 5.69. The van der Waals surface area contributed by atoms with Crippen molar-refractivity contribution in [3.05, 3.63) is 95.7 Å². The van der Waals surface area contributed by atoms with E-state index in [-0.39, 0.29) is 18.0 Å². The van der Waals surface area contributed by atoms with E-state index in [9.17, 15) is 4.39 Å². The largest absolute Gasteiger partial charge is 0.469 e. The van der Waals surface area contributed by atoms with Gasteiger partial charge in [-0.25, -0.2) is 9.37 Å². The first-order chi connectivity index (χ1) is 17.1. The lowest BCUT2D eigenvalue weighted by atomic mass is 9.99. The number of nitriles is 1. The van der Waals surface area contributed by atoms with Crippen LogP contribution in [-0.4, -0.2) is 34.0 Å². The Labute approximate surface area is 203 Å². The molecule has 176 valence electrons. The molecule has 7 nitrogen and oxygen atoms in total. The molecule has 2 aromatic carbocycles. The van der Waals surface area contributed by atoms with E-state index in [2.05, 4.69) is 26.8 Å². The van der Waals surface area contributed by atoms with Gasteiger partial charge in [-0.2, -0.15) is 10.4 Å². The van der Waals surface area contributed by atoms with Gasteiger partial charge in [-0.1, -0.05) is 24.3 Å². The summed E-state index contributed by atoms with van der Waals surface area (Å²) in [5.41, 5.74) is 5.49. The Balaban J connectivity index is 1.32. The molecule has 0 aliphatic carbocycles. The summed E-state index contributed by atoms with van der Waals surface area (Å²) in [4.78, 5) is 4.55. The summed E-state index contributed by atoms with van der Waals surface area (Å²) in [6, 6.07) is 18.1. The molecule has 0 saturated carbocycles. The van der Waals surface area contributed by atoms with Crippen LogP contribution in [0.3, 0.4) is 0 Å². The van der Waals surface area contributed by atoms with E-state index in [4.69, 9.17) is 10.00 Å². The summed E-state index contributed by atoms with van der Waals surface area (Å²) in [5, 5.41) is 20.3. The second-order valence-corrected chi connectivity index (χ2v) is 8.56. The van der Waals surface area contributed by atoms with Gasteiger partial charge in [0.15, 0.2) is 0 Å². The molecule has 2 aromatic heterocycles. The number of fused-ring (bicyclic) bond motifs is 1. The molecule has 35 heavy (non-hydrogen) atoms. The number of benzene rings is 2. The lowest BCUT2D eigenvalue weighted by molar-refractivity contribution is 0.150. The summed E-state index contributed by atoms with van der Waals surface area (Å²) in [6.07, 6.45) is 6.07. The molecule has 1 aliphatic heterocycles. The molecule has 3 heterocycles. The molecule has 0 saturated heterocycles. The number of rotatable bonds is 7. The van der Waals surface area contributed by atoms with Crippen LogP contribution in [0.5, 0.6) is 5.88 Å². The Morgan fingerprint density at radius 3 is 2.69 bits per heavy atom. The minimum atomic E-state index is -0.275. The van der Waals surface area contributed by atoms with Gasteiger partial charge in [-0.3, -0.25) is 4.68 Å². The Bertz CT molecular complexity index is 1340. The van der Waals surface area contributed by atoms with Crippen LogP contribution < -0.4 is 15.4 Å². The monoisotopic (exact) mass is 468 g/mol. The van der Waals surface area contributed by atoms with Gasteiger partial charge in [0.2, 0.25) is 5.88 Å². The molecular weight excluding hydrogens is 443 g/mol. The SMILES string of the molecule is Cn1cc(-c2cnc3c(c2)NC[C@@H]([C@@H](NCCc2ccc(C#N)cc2)c2ccc(F)cc2)O3)cn1. The third kappa shape index (κ3) is 5.15. The fourth-order valence-corrected chi connectivity index (χ4v) is 4.23. The van der Waals surface area contributed by atoms with Gasteiger partial charge >= 0.3 is 0 Å². The highest BCUT2D eigenvalue weighted by Gasteiger charge is 2.29. The average Bonchev–Trinajstić information content (AvgIpc) is 3.33. The van der Waals surface area contributed by atoms with Crippen LogP contribution in [0.25, 0.3) is 11.1 Å². The van der Waals surface area contributed by atoms with E-state index in [1.807, 2.05) is 43.6 Å². The zero-order valence-electron chi connectivity index (χ0n) is 19.3. The number of anilines is 1. The van der Waals surface area contributed by atoms with Crippen LogP contribution in [-0.2, 0) is 13.5 Å². The van der Waals surface area contributed by atoms with E-state index in [1.54, 1.807) is 29.2 Å². The van der Waals surface area contributed by atoms with Gasteiger partial charge in [0.05, 0.1) is 36.1 Å². The molecule has 0 spiro atoms. The lowest BCUT2D eigenvalue weighted by Crippen LogP contribution is -2.43. The maximum Gasteiger partial charge on any atom is 0.237 e. The molecule has 0 fully saturated rings. The van der Waals surface area contributed by atoms with Crippen LogP contribution in [0.1, 0.15) is 22.7 Å². The number of hydrogen-bond acceptors (Lipinski definition) is 6. The Morgan fingerprint density at radius 1 is 1.17 bits per heavy atom. The van der Waals surface area contributed by atoms with Gasteiger partial charge in [0.25, 0.3) is 0 Å². The summed E-state index contributed by atoms with van der Waals surface area (Å²) < 4.78 is 21.7. The molecular formula is C27H25FN6O. The smallest absolute Gasteiger partial charge is 0.237 e. The maximum absolute atomic E-state index is 13.6. The van der Waals surface area contributed by atoms with Crippen molar-refractivity contribution in [3.8, 4) is 23.1 Å². The molecule has 2 N–H and O–H groups in total. The first kappa shape index (κ1) is 22.6. The zero-order valence-corrected chi connectivity index (χ0v) is 19.3. The maximum atomic E-state index is 13.6. The second-order valence-electron chi connectivity index (χ2n) is 8.56. The second kappa shape index (κ2) is 9.95. The van der Waals surface area contributed by atoms with Crippen molar-refractivity contribution >= 4 is 5.69 Å². The molecule has 1 aliphatic rings. The van der Waals surface area contributed by atoms with Crippen molar-refractivity contribution in [2.45, 2.75) is 18.6 Å².